The smallest absolute Gasteiger partial charge is 0.451 e. The number of pyridine rings is 3. The summed E-state index contributed by atoms with van der Waals surface area (Å²) in [6, 6.07) is 29.7. The van der Waals surface area contributed by atoms with E-state index < -0.39 is 174 Å². The molecule has 3 aliphatic carbocycles. The van der Waals surface area contributed by atoms with Crippen molar-refractivity contribution in [3.8, 4) is 82.3 Å². The maximum absolute atomic E-state index is 15.9. The van der Waals surface area contributed by atoms with Crippen molar-refractivity contribution in [2.75, 3.05) is 89.7 Å². The van der Waals surface area contributed by atoms with Crippen molar-refractivity contribution in [1.29, 1.82) is 0 Å². The number of benzene rings is 6. The molecular weight excluding hydrogens is 1840 g/mol. The van der Waals surface area contributed by atoms with Crippen LogP contribution in [-0.2, 0) is 37.9 Å². The maximum Gasteiger partial charge on any atom is 0.510 e. The van der Waals surface area contributed by atoms with E-state index in [1.54, 1.807) is 50.1 Å². The van der Waals surface area contributed by atoms with Crippen LogP contribution >= 0.6 is 34.0 Å². The number of nitrogens with zero attached hydrogens (tertiary/aromatic N) is 12. The van der Waals surface area contributed by atoms with E-state index in [0.717, 1.165) is 74.8 Å². The number of morpholine rings is 2. The first kappa shape index (κ1) is 89.6. The average Bonchev–Trinajstić information content (AvgIpc) is 1.64. The second kappa shape index (κ2) is 35.8. The Balaban J connectivity index is 0.000000130. The lowest BCUT2D eigenvalue weighted by Gasteiger charge is -2.53. The van der Waals surface area contributed by atoms with Gasteiger partial charge >= 0.3 is 18.5 Å². The summed E-state index contributed by atoms with van der Waals surface area (Å²) in [6.07, 6.45) is -1.68. The monoisotopic (exact) mass is 1910 g/mol. The van der Waals surface area contributed by atoms with Gasteiger partial charge in [0, 0.05) is 65.9 Å². The normalized spacial score (nSPS) is 20.0. The van der Waals surface area contributed by atoms with E-state index in [0.29, 0.717) is 48.3 Å². The van der Waals surface area contributed by atoms with E-state index in [9.17, 15) is 65.1 Å². The predicted molar refractivity (Wildman–Crippen MR) is 467 cm³/mol. The number of methoxy groups -OCH3 is 3. The molecule has 0 bridgehead atoms. The Morgan fingerprint density at radius 2 is 0.756 bits per heavy atom. The van der Waals surface area contributed by atoms with Crippen LogP contribution in [0.3, 0.4) is 0 Å². The largest absolute Gasteiger partial charge is 0.510 e. The summed E-state index contributed by atoms with van der Waals surface area (Å²) in [5.74, 6) is -13.5. The first-order valence-corrected chi connectivity index (χ1v) is 44.4. The van der Waals surface area contributed by atoms with Crippen LogP contribution in [0.15, 0.2) is 177 Å². The zero-order chi connectivity index (χ0) is 94.6. The molecule has 9 aliphatic rings. The zero-order valence-corrected chi connectivity index (χ0v) is 74.1. The minimum atomic E-state index is -3.09. The Labute approximate surface area is 770 Å². The maximum atomic E-state index is 15.9. The number of alkyl halides is 2. The summed E-state index contributed by atoms with van der Waals surface area (Å²) in [6.45, 7) is 2.83. The number of hydrogen-bond donors (Lipinski definition) is 0. The molecule has 7 unspecified atom stereocenters. The molecule has 9 atom stereocenters. The van der Waals surface area contributed by atoms with Crippen molar-refractivity contribution in [3.63, 3.8) is 0 Å². The number of piperidine rings is 1. The molecule has 32 nitrogen and oxygen atoms in total. The first-order valence-electron chi connectivity index (χ1n) is 41.8. The molecule has 6 aliphatic heterocycles. The topological polar surface area (TPSA) is 328 Å². The molecule has 6 aromatic heterocycles. The number of ether oxygens (including phenoxy) is 11. The van der Waals surface area contributed by atoms with Gasteiger partial charge in [-0.15, -0.1) is 34.0 Å². The number of aromatic nitrogens is 6. The average molecular weight is 1920 g/mol. The second-order valence-corrected chi connectivity index (χ2v) is 34.7. The van der Waals surface area contributed by atoms with Crippen LogP contribution in [0.25, 0.3) is 65.1 Å². The van der Waals surface area contributed by atoms with Crippen molar-refractivity contribution in [3.05, 3.63) is 279 Å². The van der Waals surface area contributed by atoms with E-state index in [4.69, 9.17) is 37.9 Å². The highest BCUT2D eigenvalue weighted by atomic mass is 32.1. The number of carbonyl (C=O) groups excluding carboxylic acids is 6. The SMILES string of the molecule is COC(=O)OCOc1c2n(ccc1=O)N(C1c3ccccc3-c3scnc3-c3c1ccc(F)c3F)C1CC(C(C)(F)F)CCN1C2=O.COC(=O)OCOc1c2n(ccc1=O)N(C1c3ccccc3-c3scnc3-c3c1ccc(F)c3F)C1COCC(C)N1C2=O.COC(=O)OCOc1c2n(ccc1=O)N([C@@H]1c3ccccc3-c3scnc3-c3c1ccc(F)c3F)[C@@H]1COCC(C)N1C2=O. The first-order chi connectivity index (χ1) is 65.1. The van der Waals surface area contributed by atoms with Gasteiger partial charge in [0.2, 0.25) is 59.8 Å². The van der Waals surface area contributed by atoms with Gasteiger partial charge in [0.1, 0.15) is 18.5 Å². The number of carbonyl (C=O) groups is 6. The molecule has 12 aromatic rings. The van der Waals surface area contributed by atoms with Crippen molar-refractivity contribution < 1.29 is 116 Å². The lowest BCUT2D eigenvalue weighted by atomic mass is 9.86. The van der Waals surface area contributed by atoms with Crippen LogP contribution in [-0.4, -0.2) is 191 Å². The lowest BCUT2D eigenvalue weighted by Crippen LogP contribution is -2.68. The molecule has 0 spiro atoms. The van der Waals surface area contributed by atoms with Crippen LogP contribution in [0.4, 0.5) is 49.5 Å². The Kier molecular flexibility index (Phi) is 23.8. The molecule has 6 aromatic carbocycles. The van der Waals surface area contributed by atoms with Gasteiger partial charge in [0.25, 0.3) is 17.7 Å². The van der Waals surface area contributed by atoms with Crippen molar-refractivity contribution in [1.82, 2.24) is 43.7 Å². The van der Waals surface area contributed by atoms with Crippen LogP contribution < -0.4 is 45.5 Å². The molecule has 0 radical (unpaired) electrons. The van der Waals surface area contributed by atoms with E-state index in [1.807, 2.05) is 72.4 Å². The molecule has 21 rings (SSSR count). The molecule has 3 amide bonds. The van der Waals surface area contributed by atoms with E-state index in [2.05, 4.69) is 29.2 Å². The van der Waals surface area contributed by atoms with E-state index in [-0.39, 0.29) is 102 Å². The van der Waals surface area contributed by atoms with Crippen molar-refractivity contribution in [2.24, 2.45) is 5.92 Å². The molecule has 0 N–H and O–H groups in total. The van der Waals surface area contributed by atoms with Gasteiger partial charge in [-0.05, 0) is 102 Å². The number of hydrogen-bond acceptors (Lipinski definition) is 29. The molecule has 3 fully saturated rings. The van der Waals surface area contributed by atoms with Gasteiger partial charge in [-0.2, -0.15) is 0 Å². The van der Waals surface area contributed by atoms with Gasteiger partial charge in [-0.25, -0.2) is 64.5 Å². The molecule has 135 heavy (non-hydrogen) atoms. The van der Waals surface area contributed by atoms with Crippen LogP contribution in [0.1, 0.15) is 117 Å². The molecule has 696 valence electrons. The predicted octanol–water partition coefficient (Wildman–Crippen LogP) is 14.5. The summed E-state index contributed by atoms with van der Waals surface area (Å²) < 4.78 is 183. The van der Waals surface area contributed by atoms with Crippen molar-refractivity contribution in [2.45, 2.75) is 88.2 Å². The van der Waals surface area contributed by atoms with Gasteiger partial charge < -0.3 is 66.8 Å². The van der Waals surface area contributed by atoms with Crippen LogP contribution in [0.2, 0.25) is 0 Å². The fourth-order valence-electron chi connectivity index (χ4n) is 19.1. The highest BCUT2D eigenvalue weighted by Gasteiger charge is 2.55. The van der Waals surface area contributed by atoms with Gasteiger partial charge in [0.15, 0.2) is 52.0 Å². The summed E-state index contributed by atoms with van der Waals surface area (Å²) in [7, 11) is 3.32. The molecule has 3 saturated heterocycles. The van der Waals surface area contributed by atoms with Gasteiger partial charge in [-0.3, -0.25) is 57.8 Å². The van der Waals surface area contributed by atoms with Crippen molar-refractivity contribution >= 4 is 70.2 Å². The number of thiazole rings is 3. The quantitative estimate of drug-likeness (QED) is 0.0448. The third kappa shape index (κ3) is 15.2. The van der Waals surface area contributed by atoms with E-state index in [1.165, 1.54) is 107 Å². The summed E-state index contributed by atoms with van der Waals surface area (Å²) in [5, 5.41) is 5.25. The number of amides is 3. The lowest BCUT2D eigenvalue weighted by molar-refractivity contribution is -0.0745. The minimum Gasteiger partial charge on any atom is -0.451 e. The minimum absolute atomic E-state index is 0.00113. The zero-order valence-electron chi connectivity index (χ0n) is 71.6. The van der Waals surface area contributed by atoms with Crippen LogP contribution in [0.5, 0.6) is 17.2 Å². The molecule has 0 saturated carbocycles. The molecule has 43 heteroatoms. The Morgan fingerprint density at radius 3 is 1.09 bits per heavy atom. The standard InChI is InChI=1S/C32H26F4N4O6S.2C30H24F2N4O7S/c1-32(35,36)16-9-11-38-22(13-16)40(39-12-10-21(41)28(27(39)30(38)42)45-15-46-31(43)44-2)26-17-5-3-4-6-18(17)29-25(37-14-47-29)23-19(26)7-8-20(33)24(23)34;2*1-15-11-41-12-21-35(15)29(38)26-27(42-14-43-30(39)40-2)20(37)9-10-34(26)36(21)25-16-5-3-4-6-17(16)28-24(33-13-44-28)22-18(25)7-8-19(31)23(22)32/h3-8,10,12,14,16,22,26H,9,11,13,15H2,1-2H3;2*3-10,13,15,21,25H,11-12,14H2,1-2H3/t;15?,21-,25-;/m.1./s1. The fourth-order valence-corrected chi connectivity index (χ4v) is 21.6. The molecule has 12 heterocycles. The highest BCUT2D eigenvalue weighted by Crippen LogP contribution is 2.56. The third-order valence-corrected chi connectivity index (χ3v) is 27.4. The van der Waals surface area contributed by atoms with Crippen LogP contribution in [0, 0.1) is 40.8 Å². The third-order valence-electron chi connectivity index (χ3n) is 24.9. The number of fused-ring (bicyclic) bond motifs is 21. The Morgan fingerprint density at radius 1 is 0.430 bits per heavy atom. The summed E-state index contributed by atoms with van der Waals surface area (Å²) in [5.41, 5.74) is 8.23. The number of halogens is 8. The second-order valence-electron chi connectivity index (χ2n) is 32.2. The number of rotatable bonds is 13. The van der Waals surface area contributed by atoms with Gasteiger partial charge in [-0.1, -0.05) is 91.0 Å². The van der Waals surface area contributed by atoms with Gasteiger partial charge in [0.05, 0.1) is 126 Å². The van der Waals surface area contributed by atoms with E-state index >= 15 is 13.2 Å². The summed E-state index contributed by atoms with van der Waals surface area (Å²) >= 11 is 3.85. The Bertz CT molecular complexity index is 6760. The molecular formula is C92H74F8N12O20S3. The Hall–Kier alpha value is -14.6. The highest BCUT2D eigenvalue weighted by molar-refractivity contribution is 7.14. The fraction of sp³-hybridized carbons (Fsp3) is 0.283. The summed E-state index contributed by atoms with van der Waals surface area (Å²) in [4.78, 5) is 136.